The van der Waals surface area contributed by atoms with Crippen molar-refractivity contribution in [3.8, 4) is 34.5 Å². The molecule has 24 heavy (non-hydrogen) atoms. The van der Waals surface area contributed by atoms with Crippen LogP contribution in [0.15, 0.2) is 24.3 Å². The van der Waals surface area contributed by atoms with Crippen LogP contribution >= 0.6 is 0 Å². The van der Waals surface area contributed by atoms with Gasteiger partial charge in [0, 0.05) is 23.8 Å². The van der Waals surface area contributed by atoms with E-state index in [-0.39, 0.29) is 40.9 Å². The number of hydrogen-bond acceptors (Lipinski definition) is 7. The van der Waals surface area contributed by atoms with Gasteiger partial charge in [-0.1, -0.05) is 0 Å². The molecule has 7 heteroatoms. The third-order valence-electron chi connectivity index (χ3n) is 3.94. The van der Waals surface area contributed by atoms with Crippen molar-refractivity contribution in [3.63, 3.8) is 0 Å². The maximum Gasteiger partial charge on any atom is 0.181 e. The van der Waals surface area contributed by atoms with Gasteiger partial charge in [-0.05, 0) is 6.07 Å². The number of carbonyl (C=O) groups excluding carboxylic acids is 1. The van der Waals surface area contributed by atoms with Crippen LogP contribution in [0.25, 0.3) is 0 Å². The highest BCUT2D eigenvalue weighted by molar-refractivity contribution is 6.07. The second-order valence-corrected chi connectivity index (χ2v) is 5.33. The van der Waals surface area contributed by atoms with E-state index in [1.54, 1.807) is 0 Å². The Morgan fingerprint density at radius 2 is 1.71 bits per heavy atom. The van der Waals surface area contributed by atoms with Gasteiger partial charge in [-0.2, -0.15) is 0 Å². The molecule has 0 aromatic heterocycles. The van der Waals surface area contributed by atoms with E-state index < -0.39 is 11.7 Å². The van der Waals surface area contributed by atoms with Crippen LogP contribution < -0.4 is 14.2 Å². The summed E-state index contributed by atoms with van der Waals surface area (Å²) in [4.78, 5) is 12.8. The zero-order valence-electron chi connectivity index (χ0n) is 13.1. The number of carbonyl (C=O) groups is 1. The second-order valence-electron chi connectivity index (χ2n) is 5.33. The predicted octanol–water partition coefficient (Wildman–Crippen LogP) is 2.18. The molecule has 0 unspecified atom stereocenters. The van der Waals surface area contributed by atoms with Gasteiger partial charge in [-0.3, -0.25) is 4.79 Å². The zero-order chi connectivity index (χ0) is 17.4. The summed E-state index contributed by atoms with van der Waals surface area (Å²) in [5.41, 5.74) is 0.403. The maximum absolute atomic E-state index is 12.8. The van der Waals surface area contributed by atoms with Crippen molar-refractivity contribution < 1.29 is 34.3 Å². The largest absolute Gasteiger partial charge is 0.508 e. The van der Waals surface area contributed by atoms with Gasteiger partial charge < -0.3 is 29.5 Å². The molecule has 1 aliphatic rings. The van der Waals surface area contributed by atoms with Gasteiger partial charge in [0.05, 0.1) is 20.1 Å². The monoisotopic (exact) mass is 332 g/mol. The summed E-state index contributed by atoms with van der Waals surface area (Å²) in [6.45, 7) is -0.0170. The molecule has 1 atom stereocenters. The Morgan fingerprint density at radius 3 is 2.38 bits per heavy atom. The van der Waals surface area contributed by atoms with E-state index in [1.807, 2.05) is 0 Å². The molecule has 0 aliphatic carbocycles. The van der Waals surface area contributed by atoms with Crippen LogP contribution in [0.2, 0.25) is 0 Å². The lowest BCUT2D eigenvalue weighted by Crippen LogP contribution is -2.26. The lowest BCUT2D eigenvalue weighted by Gasteiger charge is -2.26. The zero-order valence-corrected chi connectivity index (χ0v) is 13.1. The molecule has 1 aliphatic heterocycles. The molecule has 7 nitrogen and oxygen atoms in total. The van der Waals surface area contributed by atoms with Crippen molar-refractivity contribution in [2.45, 2.75) is 5.92 Å². The first-order chi connectivity index (χ1) is 11.5. The number of aromatic hydroxyl groups is 3. The van der Waals surface area contributed by atoms with Gasteiger partial charge in [-0.15, -0.1) is 0 Å². The highest BCUT2D eigenvalue weighted by Gasteiger charge is 2.35. The fraction of sp³-hybridized carbons (Fsp3) is 0.235. The molecule has 0 radical (unpaired) electrons. The van der Waals surface area contributed by atoms with E-state index in [0.29, 0.717) is 11.3 Å². The summed E-state index contributed by atoms with van der Waals surface area (Å²) in [6, 6.07) is 5.20. The third kappa shape index (κ3) is 2.44. The summed E-state index contributed by atoms with van der Waals surface area (Å²) in [7, 11) is 2.84. The highest BCUT2D eigenvalue weighted by Crippen LogP contribution is 2.44. The molecule has 0 bridgehead atoms. The molecule has 0 fully saturated rings. The number of fused-ring (bicyclic) bond motifs is 1. The fourth-order valence-electron chi connectivity index (χ4n) is 2.78. The van der Waals surface area contributed by atoms with Gasteiger partial charge in [-0.25, -0.2) is 0 Å². The predicted molar refractivity (Wildman–Crippen MR) is 83.5 cm³/mol. The molecule has 2 aromatic rings. The van der Waals surface area contributed by atoms with E-state index in [1.165, 1.54) is 32.4 Å². The number of phenols is 3. The summed E-state index contributed by atoms with van der Waals surface area (Å²) >= 11 is 0. The number of methoxy groups -OCH3 is 2. The Hall–Kier alpha value is -3.09. The van der Waals surface area contributed by atoms with E-state index >= 15 is 0 Å². The molecular formula is C17H16O7. The first-order valence-corrected chi connectivity index (χ1v) is 7.14. The van der Waals surface area contributed by atoms with Crippen molar-refractivity contribution >= 4 is 5.78 Å². The quantitative estimate of drug-likeness (QED) is 0.791. The van der Waals surface area contributed by atoms with E-state index in [4.69, 9.17) is 14.2 Å². The summed E-state index contributed by atoms with van der Waals surface area (Å²) < 4.78 is 15.8. The van der Waals surface area contributed by atoms with Gasteiger partial charge in [0.2, 0.25) is 0 Å². The number of phenolic OH excluding ortho intramolecular Hbond substituents is 3. The minimum absolute atomic E-state index is 0.0126. The minimum atomic E-state index is -0.778. The van der Waals surface area contributed by atoms with E-state index in [0.717, 1.165) is 6.07 Å². The smallest absolute Gasteiger partial charge is 0.181 e. The number of hydrogen-bond donors (Lipinski definition) is 3. The van der Waals surface area contributed by atoms with Crippen molar-refractivity contribution in [2.75, 3.05) is 20.8 Å². The molecular weight excluding hydrogens is 316 g/mol. The average molecular weight is 332 g/mol. The Morgan fingerprint density at radius 1 is 1.00 bits per heavy atom. The summed E-state index contributed by atoms with van der Waals surface area (Å²) in [5, 5.41) is 29.5. The van der Waals surface area contributed by atoms with Crippen molar-refractivity contribution in [3.05, 3.63) is 35.4 Å². The third-order valence-corrected chi connectivity index (χ3v) is 3.94. The Labute approximate surface area is 137 Å². The summed E-state index contributed by atoms with van der Waals surface area (Å²) in [5.74, 6) is -1.18. The van der Waals surface area contributed by atoms with Crippen LogP contribution in [-0.2, 0) is 0 Å². The molecule has 3 N–H and O–H groups in total. The van der Waals surface area contributed by atoms with Crippen LogP contribution in [0.5, 0.6) is 34.5 Å². The summed E-state index contributed by atoms with van der Waals surface area (Å²) in [6.07, 6.45) is 0. The topological polar surface area (TPSA) is 105 Å². The molecule has 126 valence electrons. The Kier molecular flexibility index (Phi) is 3.84. The van der Waals surface area contributed by atoms with E-state index in [2.05, 4.69) is 0 Å². The first kappa shape index (κ1) is 15.8. The van der Waals surface area contributed by atoms with Crippen LogP contribution in [0.4, 0.5) is 0 Å². The minimum Gasteiger partial charge on any atom is -0.508 e. The molecule has 0 saturated heterocycles. The number of benzene rings is 2. The number of ketones is 1. The lowest BCUT2D eigenvalue weighted by molar-refractivity contribution is 0.0890. The Bertz CT molecular complexity index is 813. The fourth-order valence-corrected chi connectivity index (χ4v) is 2.78. The Balaban J connectivity index is 2.09. The van der Waals surface area contributed by atoms with Crippen LogP contribution in [0, 0.1) is 0 Å². The number of ether oxygens (including phenoxy) is 3. The molecule has 0 amide bonds. The van der Waals surface area contributed by atoms with Gasteiger partial charge in [0.1, 0.15) is 35.2 Å². The SMILES string of the molecule is COc1cc(OC)c([C@H]2COc3cc(O)cc(O)c3C2=O)cc1O. The average Bonchev–Trinajstić information content (AvgIpc) is 2.54. The van der Waals surface area contributed by atoms with Crippen molar-refractivity contribution in [2.24, 2.45) is 0 Å². The molecule has 1 heterocycles. The lowest BCUT2D eigenvalue weighted by atomic mass is 9.87. The molecule has 0 spiro atoms. The second kappa shape index (κ2) is 5.84. The van der Waals surface area contributed by atoms with Crippen molar-refractivity contribution in [1.29, 1.82) is 0 Å². The first-order valence-electron chi connectivity index (χ1n) is 7.14. The molecule has 0 saturated carbocycles. The molecule has 2 aromatic carbocycles. The van der Waals surface area contributed by atoms with Crippen LogP contribution in [0.1, 0.15) is 21.8 Å². The van der Waals surface area contributed by atoms with E-state index in [9.17, 15) is 20.1 Å². The number of rotatable bonds is 3. The van der Waals surface area contributed by atoms with Gasteiger partial charge in [0.25, 0.3) is 0 Å². The number of Topliss-reactive ketones (excluding diaryl/α,β-unsaturated/α-hetero) is 1. The van der Waals surface area contributed by atoms with Crippen molar-refractivity contribution in [1.82, 2.24) is 0 Å². The van der Waals surface area contributed by atoms with Crippen LogP contribution in [0.3, 0.4) is 0 Å². The normalized spacial score (nSPS) is 16.2. The van der Waals surface area contributed by atoms with Gasteiger partial charge in [0.15, 0.2) is 17.3 Å². The van der Waals surface area contributed by atoms with Gasteiger partial charge >= 0.3 is 0 Å². The van der Waals surface area contributed by atoms with Crippen LogP contribution in [-0.4, -0.2) is 41.9 Å². The molecule has 3 rings (SSSR count). The highest BCUT2D eigenvalue weighted by atomic mass is 16.5. The maximum atomic E-state index is 12.8. The standard InChI is InChI=1S/C17H16O7/c1-22-13-6-14(23-2)11(19)5-9(13)10-7-24-15-4-8(18)3-12(20)16(15)17(10)21/h3-6,10,18-20H,7H2,1-2H3/t10-/m1/s1.